The minimum atomic E-state index is -0.531. The van der Waals surface area contributed by atoms with Crippen molar-refractivity contribution >= 4 is 35.3 Å². The van der Waals surface area contributed by atoms with E-state index in [-0.39, 0.29) is 12.4 Å². The summed E-state index contributed by atoms with van der Waals surface area (Å²) in [5.41, 5.74) is 0. The summed E-state index contributed by atoms with van der Waals surface area (Å²) in [5, 5.41) is 14.1. The van der Waals surface area contributed by atoms with Crippen LogP contribution in [0.3, 0.4) is 0 Å². The summed E-state index contributed by atoms with van der Waals surface area (Å²) in [7, 11) is 3.37. The normalized spacial score (nSPS) is 10.5. The van der Waals surface area contributed by atoms with Crippen molar-refractivity contribution in [1.29, 1.82) is 0 Å². The lowest BCUT2D eigenvalue weighted by Crippen LogP contribution is -2.40. The number of urea groups is 1. The molecule has 28 heavy (non-hydrogen) atoms. The molecular weight excluding hydrogens is 406 g/mol. The van der Waals surface area contributed by atoms with Gasteiger partial charge in [-0.25, -0.2) is 4.79 Å². The summed E-state index contributed by atoms with van der Waals surface area (Å²) >= 11 is 7.02. The number of hydrogen-bond acceptors (Lipinski definition) is 7. The number of nitrogens with one attached hydrogen (secondary N) is 2. The first-order valence-electron chi connectivity index (χ1n) is 8.45. The van der Waals surface area contributed by atoms with Crippen LogP contribution < -0.4 is 15.4 Å². The highest BCUT2D eigenvalue weighted by Crippen LogP contribution is 2.18. The second-order valence-electron chi connectivity index (χ2n) is 5.64. The van der Waals surface area contributed by atoms with Crippen LogP contribution in [0.1, 0.15) is 12.2 Å². The monoisotopic (exact) mass is 427 g/mol. The fourth-order valence-corrected chi connectivity index (χ4v) is 2.89. The summed E-state index contributed by atoms with van der Waals surface area (Å²) in [6.45, 7) is 1.20. The standard InChI is InChI=1S/C17H22ClN5O4S/c1-23-14(10-27-13-6-4-12(18)5-7-13)21-22-17(23)28-11-15(24)20-16(25)19-8-3-9-26-2/h4-7H,3,8-11H2,1-2H3,(H2,19,20,24,25). The molecule has 2 N–H and O–H groups in total. The SMILES string of the molecule is COCCCNC(=O)NC(=O)CSc1nnc(COc2ccc(Cl)cc2)n1C. The Morgan fingerprint density at radius 1 is 1.25 bits per heavy atom. The van der Waals surface area contributed by atoms with E-state index in [9.17, 15) is 9.59 Å². The molecule has 0 radical (unpaired) electrons. The van der Waals surface area contributed by atoms with Crippen LogP contribution in [0.25, 0.3) is 0 Å². The first-order chi connectivity index (χ1) is 13.5. The molecule has 1 aromatic carbocycles. The number of carbonyl (C=O) groups is 2. The second-order valence-corrected chi connectivity index (χ2v) is 7.02. The van der Waals surface area contributed by atoms with Gasteiger partial charge in [0, 0.05) is 32.3 Å². The van der Waals surface area contributed by atoms with Crippen molar-refractivity contribution in [3.63, 3.8) is 0 Å². The van der Waals surface area contributed by atoms with E-state index in [1.54, 1.807) is 43.0 Å². The highest BCUT2D eigenvalue weighted by molar-refractivity contribution is 7.99. The largest absolute Gasteiger partial charge is 0.486 e. The number of amides is 3. The summed E-state index contributed by atoms with van der Waals surface area (Å²) < 4.78 is 12.3. The Morgan fingerprint density at radius 2 is 2.00 bits per heavy atom. The third-order valence-electron chi connectivity index (χ3n) is 3.50. The maximum atomic E-state index is 11.9. The van der Waals surface area contributed by atoms with Crippen LogP contribution in [0.5, 0.6) is 5.75 Å². The molecule has 2 aromatic rings. The molecule has 0 aliphatic carbocycles. The van der Waals surface area contributed by atoms with Crippen LogP contribution in [-0.2, 0) is 23.2 Å². The number of benzene rings is 1. The number of methoxy groups -OCH3 is 1. The van der Waals surface area contributed by atoms with E-state index in [4.69, 9.17) is 21.1 Å². The van der Waals surface area contributed by atoms with Crippen molar-refractivity contribution < 1.29 is 19.1 Å². The number of rotatable bonds is 10. The minimum absolute atomic E-state index is 0.0372. The highest BCUT2D eigenvalue weighted by Gasteiger charge is 2.13. The molecule has 0 saturated carbocycles. The van der Waals surface area contributed by atoms with E-state index in [2.05, 4.69) is 20.8 Å². The fourth-order valence-electron chi connectivity index (χ4n) is 2.03. The number of carbonyl (C=O) groups excluding carboxylic acids is 2. The van der Waals surface area contributed by atoms with Crippen molar-refractivity contribution in [2.75, 3.05) is 26.0 Å². The summed E-state index contributed by atoms with van der Waals surface area (Å²) in [5.74, 6) is 0.887. The van der Waals surface area contributed by atoms with E-state index in [0.717, 1.165) is 0 Å². The highest BCUT2D eigenvalue weighted by atomic mass is 35.5. The zero-order valence-electron chi connectivity index (χ0n) is 15.6. The van der Waals surface area contributed by atoms with Gasteiger partial charge >= 0.3 is 6.03 Å². The third kappa shape index (κ3) is 7.37. The predicted molar refractivity (Wildman–Crippen MR) is 106 cm³/mol. The summed E-state index contributed by atoms with van der Waals surface area (Å²) in [6.07, 6.45) is 0.673. The number of hydrogen-bond donors (Lipinski definition) is 2. The number of aromatic nitrogens is 3. The van der Waals surface area contributed by atoms with Crippen LogP contribution in [0.2, 0.25) is 5.02 Å². The van der Waals surface area contributed by atoms with Gasteiger partial charge in [-0.2, -0.15) is 0 Å². The van der Waals surface area contributed by atoms with Crippen molar-refractivity contribution in [2.45, 2.75) is 18.2 Å². The van der Waals surface area contributed by atoms with Crippen LogP contribution in [-0.4, -0.2) is 52.7 Å². The van der Waals surface area contributed by atoms with Gasteiger partial charge in [-0.1, -0.05) is 23.4 Å². The van der Waals surface area contributed by atoms with Crippen molar-refractivity contribution in [1.82, 2.24) is 25.4 Å². The van der Waals surface area contributed by atoms with E-state index in [1.165, 1.54) is 11.8 Å². The van der Waals surface area contributed by atoms with Gasteiger partial charge in [0.2, 0.25) is 5.91 Å². The topological polar surface area (TPSA) is 107 Å². The molecule has 152 valence electrons. The first kappa shape index (κ1) is 22.0. The van der Waals surface area contributed by atoms with Gasteiger partial charge in [0.05, 0.1) is 5.75 Å². The zero-order valence-corrected chi connectivity index (χ0v) is 17.2. The van der Waals surface area contributed by atoms with Gasteiger partial charge in [-0.15, -0.1) is 10.2 Å². The molecule has 2 rings (SSSR count). The Bertz CT molecular complexity index is 784. The van der Waals surface area contributed by atoms with Crippen molar-refractivity contribution in [2.24, 2.45) is 7.05 Å². The molecule has 1 aromatic heterocycles. The van der Waals surface area contributed by atoms with Gasteiger partial charge < -0.3 is 19.4 Å². The Morgan fingerprint density at radius 3 is 2.71 bits per heavy atom. The Labute approximate surface area is 172 Å². The first-order valence-corrected chi connectivity index (χ1v) is 9.82. The third-order valence-corrected chi connectivity index (χ3v) is 4.77. The van der Waals surface area contributed by atoms with Crippen molar-refractivity contribution in [3.8, 4) is 5.75 Å². The van der Waals surface area contributed by atoms with Gasteiger partial charge in [0.25, 0.3) is 0 Å². The fraction of sp³-hybridized carbons (Fsp3) is 0.412. The molecule has 1 heterocycles. The maximum Gasteiger partial charge on any atom is 0.321 e. The van der Waals surface area contributed by atoms with Crippen molar-refractivity contribution in [3.05, 3.63) is 35.1 Å². The zero-order chi connectivity index (χ0) is 20.4. The molecule has 0 atom stereocenters. The molecular formula is C17H22ClN5O4S. The van der Waals surface area contributed by atoms with Gasteiger partial charge in [-0.05, 0) is 30.7 Å². The molecule has 11 heteroatoms. The summed E-state index contributed by atoms with van der Waals surface area (Å²) in [4.78, 5) is 23.5. The molecule has 3 amide bonds. The van der Waals surface area contributed by atoms with E-state index >= 15 is 0 Å². The number of imide groups is 1. The van der Waals surface area contributed by atoms with Crippen LogP contribution in [0, 0.1) is 0 Å². The average Bonchev–Trinajstić information content (AvgIpc) is 3.03. The average molecular weight is 428 g/mol. The Kier molecular flexibility index (Phi) is 9.05. The maximum absolute atomic E-state index is 11.9. The number of halogens is 1. The smallest absolute Gasteiger partial charge is 0.321 e. The lowest BCUT2D eigenvalue weighted by Gasteiger charge is -2.07. The van der Waals surface area contributed by atoms with Gasteiger partial charge in [0.15, 0.2) is 11.0 Å². The summed E-state index contributed by atoms with van der Waals surface area (Å²) in [6, 6.07) is 6.47. The lowest BCUT2D eigenvalue weighted by molar-refractivity contribution is -0.117. The molecule has 0 bridgehead atoms. The van der Waals surface area contributed by atoms with E-state index in [1.807, 2.05) is 0 Å². The lowest BCUT2D eigenvalue weighted by atomic mass is 10.3. The quantitative estimate of drug-likeness (QED) is 0.441. The number of thioether (sulfide) groups is 1. The van der Waals surface area contributed by atoms with E-state index in [0.29, 0.717) is 41.3 Å². The molecule has 0 unspecified atom stereocenters. The number of ether oxygens (including phenoxy) is 2. The van der Waals surface area contributed by atoms with Gasteiger partial charge in [0.1, 0.15) is 12.4 Å². The van der Waals surface area contributed by atoms with Crippen LogP contribution >= 0.6 is 23.4 Å². The predicted octanol–water partition coefficient (Wildman–Crippen LogP) is 2.00. The van der Waals surface area contributed by atoms with Crippen LogP contribution in [0.15, 0.2) is 29.4 Å². The van der Waals surface area contributed by atoms with Crippen LogP contribution in [0.4, 0.5) is 4.79 Å². The number of nitrogens with zero attached hydrogens (tertiary/aromatic N) is 3. The minimum Gasteiger partial charge on any atom is -0.486 e. The molecule has 0 saturated heterocycles. The molecule has 0 aliphatic rings. The Balaban J connectivity index is 1.74. The second kappa shape index (κ2) is 11.5. The van der Waals surface area contributed by atoms with E-state index < -0.39 is 11.9 Å². The Hall–Kier alpha value is -2.30. The molecule has 0 spiro atoms. The molecule has 0 aliphatic heterocycles. The molecule has 0 fully saturated rings. The molecule has 9 nitrogen and oxygen atoms in total. The van der Waals surface area contributed by atoms with Gasteiger partial charge in [-0.3, -0.25) is 10.1 Å².